The van der Waals surface area contributed by atoms with Gasteiger partial charge in [0.1, 0.15) is 11.6 Å². The van der Waals surface area contributed by atoms with Crippen molar-refractivity contribution in [3.63, 3.8) is 0 Å². The molecule has 3 rings (SSSR count). The molecule has 1 aliphatic rings. The molecule has 0 aromatic carbocycles. The van der Waals surface area contributed by atoms with Crippen molar-refractivity contribution in [3.8, 4) is 6.07 Å². The fourth-order valence-electron chi connectivity index (χ4n) is 3.22. The number of H-pyrrole nitrogens is 1. The van der Waals surface area contributed by atoms with Crippen LogP contribution >= 0.6 is 0 Å². The average Bonchev–Trinajstić information content (AvgIpc) is 2.93. The van der Waals surface area contributed by atoms with Crippen molar-refractivity contribution in [2.45, 2.75) is 58.9 Å². The number of aromatic nitrogens is 3. The lowest BCUT2D eigenvalue weighted by atomic mass is 9.64. The minimum atomic E-state index is -0.216. The molecule has 0 spiro atoms. The van der Waals surface area contributed by atoms with Crippen molar-refractivity contribution in [2.75, 3.05) is 0 Å². The van der Waals surface area contributed by atoms with Crippen LogP contribution in [0.4, 0.5) is 0 Å². The Hall–Kier alpha value is -2.17. The highest BCUT2D eigenvalue weighted by molar-refractivity contribution is 5.53. The molecule has 7 nitrogen and oxygen atoms in total. The highest BCUT2D eigenvalue weighted by atomic mass is 16.5. The summed E-state index contributed by atoms with van der Waals surface area (Å²) in [7, 11) is 0. The third kappa shape index (κ3) is 2.83. The fraction of sp³-hybridized carbons (Fsp3) is 0.588. The van der Waals surface area contributed by atoms with Crippen molar-refractivity contribution in [1.82, 2.24) is 19.9 Å². The third-order valence-corrected chi connectivity index (χ3v) is 4.81. The molecular formula is C17H23N5O2. The van der Waals surface area contributed by atoms with E-state index in [1.807, 2.05) is 19.9 Å². The molecule has 1 fully saturated rings. The minimum absolute atomic E-state index is 0.0370. The fourth-order valence-corrected chi connectivity index (χ4v) is 3.22. The van der Waals surface area contributed by atoms with E-state index in [0.717, 1.165) is 6.42 Å². The maximum atomic E-state index is 12.1. The second kappa shape index (κ2) is 6.04. The Morgan fingerprint density at radius 2 is 2.33 bits per heavy atom. The summed E-state index contributed by atoms with van der Waals surface area (Å²) in [6.45, 7) is 8.96. The Balaban J connectivity index is 1.71. The van der Waals surface area contributed by atoms with Gasteiger partial charge in [0.05, 0.1) is 17.9 Å². The Morgan fingerprint density at radius 1 is 1.58 bits per heavy atom. The number of hydrogen-bond donors (Lipinski definition) is 2. The van der Waals surface area contributed by atoms with E-state index >= 15 is 0 Å². The minimum Gasteiger partial charge on any atom is -0.375 e. The number of fused-ring (bicyclic) bond motifs is 1. The molecule has 1 aliphatic carbocycles. The van der Waals surface area contributed by atoms with Gasteiger partial charge in [-0.05, 0) is 20.3 Å². The summed E-state index contributed by atoms with van der Waals surface area (Å²) in [6.07, 6.45) is 2.90. The molecule has 128 valence electrons. The first-order chi connectivity index (χ1) is 11.3. The predicted molar refractivity (Wildman–Crippen MR) is 89.6 cm³/mol. The molecule has 2 atom stereocenters. The van der Waals surface area contributed by atoms with Gasteiger partial charge in [0.2, 0.25) is 0 Å². The second-order valence-electron chi connectivity index (χ2n) is 7.21. The van der Waals surface area contributed by atoms with E-state index in [2.05, 4.69) is 29.2 Å². The van der Waals surface area contributed by atoms with Gasteiger partial charge >= 0.3 is 0 Å². The van der Waals surface area contributed by atoms with Crippen LogP contribution in [-0.2, 0) is 11.3 Å². The highest BCUT2D eigenvalue weighted by Crippen LogP contribution is 2.43. The zero-order chi connectivity index (χ0) is 17.5. The summed E-state index contributed by atoms with van der Waals surface area (Å²) < 4.78 is 7.21. The van der Waals surface area contributed by atoms with Crippen LogP contribution in [-0.4, -0.2) is 32.8 Å². The van der Waals surface area contributed by atoms with Crippen LogP contribution < -0.4 is 10.9 Å². The topological polar surface area (TPSA) is 95.2 Å². The Kier molecular flexibility index (Phi) is 4.20. The van der Waals surface area contributed by atoms with Crippen molar-refractivity contribution in [2.24, 2.45) is 5.41 Å². The van der Waals surface area contributed by atoms with Crippen LogP contribution in [0.3, 0.4) is 0 Å². The maximum Gasteiger partial charge on any atom is 0.272 e. The highest BCUT2D eigenvalue weighted by Gasteiger charge is 2.48. The number of aromatic amines is 1. The van der Waals surface area contributed by atoms with E-state index in [0.29, 0.717) is 29.5 Å². The Labute approximate surface area is 140 Å². The van der Waals surface area contributed by atoms with Gasteiger partial charge in [-0.25, -0.2) is 9.50 Å². The normalized spacial score (nSPS) is 22.5. The number of ether oxygens (including phenoxy) is 1. The van der Waals surface area contributed by atoms with Crippen molar-refractivity contribution in [3.05, 3.63) is 33.9 Å². The van der Waals surface area contributed by atoms with Gasteiger partial charge in [0.25, 0.3) is 5.56 Å². The maximum absolute atomic E-state index is 12.1. The number of nitriles is 1. The van der Waals surface area contributed by atoms with Crippen LogP contribution in [0, 0.1) is 16.7 Å². The standard InChI is InChI=1S/C17H23N5O2/c1-10(2)24-14-6-13(17(14,3)4)19-9-12-5-15(23)22-16(21-12)11(7-18)8-20-22/h5,8,10,13-14,19-20H,6,9H2,1-4H3. The van der Waals surface area contributed by atoms with Crippen molar-refractivity contribution >= 4 is 5.65 Å². The summed E-state index contributed by atoms with van der Waals surface area (Å²) >= 11 is 0. The molecule has 2 aromatic heterocycles. The molecule has 0 bridgehead atoms. The largest absolute Gasteiger partial charge is 0.375 e. The van der Waals surface area contributed by atoms with Crippen LogP contribution in [0.15, 0.2) is 17.1 Å². The van der Waals surface area contributed by atoms with Gasteiger partial charge in [-0.1, -0.05) is 13.8 Å². The van der Waals surface area contributed by atoms with Gasteiger partial charge in [-0.15, -0.1) is 0 Å². The van der Waals surface area contributed by atoms with Gasteiger partial charge < -0.3 is 10.1 Å². The number of hydrogen-bond acceptors (Lipinski definition) is 5. The Bertz CT molecular complexity index is 843. The summed E-state index contributed by atoms with van der Waals surface area (Å²) in [5, 5.41) is 15.3. The molecule has 0 radical (unpaired) electrons. The van der Waals surface area contributed by atoms with Gasteiger partial charge in [0, 0.05) is 30.3 Å². The van der Waals surface area contributed by atoms with E-state index in [9.17, 15) is 4.79 Å². The first-order valence-corrected chi connectivity index (χ1v) is 8.22. The molecule has 24 heavy (non-hydrogen) atoms. The lowest BCUT2D eigenvalue weighted by molar-refractivity contribution is -0.139. The number of nitrogens with zero attached hydrogens (tertiary/aromatic N) is 3. The average molecular weight is 329 g/mol. The molecule has 0 amide bonds. The van der Waals surface area contributed by atoms with E-state index in [1.165, 1.54) is 16.8 Å². The molecule has 1 saturated carbocycles. The SMILES string of the molecule is CC(C)OC1CC(NCc2cc(=O)n3[nH]cc(C#N)c3n2)C1(C)C. The van der Waals surface area contributed by atoms with Crippen LogP contribution in [0.1, 0.15) is 45.4 Å². The molecule has 2 unspecified atom stereocenters. The molecule has 2 N–H and O–H groups in total. The lowest BCUT2D eigenvalue weighted by Crippen LogP contribution is -2.61. The van der Waals surface area contributed by atoms with E-state index < -0.39 is 0 Å². The van der Waals surface area contributed by atoms with Crippen molar-refractivity contribution in [1.29, 1.82) is 5.26 Å². The van der Waals surface area contributed by atoms with Crippen molar-refractivity contribution < 1.29 is 4.74 Å². The number of nitrogens with one attached hydrogen (secondary N) is 2. The lowest BCUT2D eigenvalue weighted by Gasteiger charge is -2.52. The van der Waals surface area contributed by atoms with Crippen LogP contribution in [0.2, 0.25) is 0 Å². The molecule has 0 aliphatic heterocycles. The summed E-state index contributed by atoms with van der Waals surface area (Å²) in [6, 6.07) is 3.84. The van der Waals surface area contributed by atoms with Gasteiger partial charge in [-0.3, -0.25) is 9.89 Å². The first kappa shape index (κ1) is 16.7. The van der Waals surface area contributed by atoms with Crippen LogP contribution in [0.5, 0.6) is 0 Å². The first-order valence-electron chi connectivity index (χ1n) is 8.22. The van der Waals surface area contributed by atoms with E-state index in [1.54, 1.807) is 0 Å². The van der Waals surface area contributed by atoms with E-state index in [4.69, 9.17) is 10.00 Å². The van der Waals surface area contributed by atoms with Gasteiger partial charge in [-0.2, -0.15) is 5.26 Å². The molecule has 2 aromatic rings. The molecule has 2 heterocycles. The smallest absolute Gasteiger partial charge is 0.272 e. The zero-order valence-electron chi connectivity index (χ0n) is 14.5. The second-order valence-corrected chi connectivity index (χ2v) is 7.21. The molecule has 0 saturated heterocycles. The zero-order valence-corrected chi connectivity index (χ0v) is 14.5. The predicted octanol–water partition coefficient (Wildman–Crippen LogP) is 1.58. The Morgan fingerprint density at radius 3 is 2.96 bits per heavy atom. The van der Waals surface area contributed by atoms with Crippen LogP contribution in [0.25, 0.3) is 5.65 Å². The van der Waals surface area contributed by atoms with E-state index in [-0.39, 0.29) is 23.2 Å². The summed E-state index contributed by atoms with van der Waals surface area (Å²) in [5.41, 5.74) is 1.20. The molecular weight excluding hydrogens is 306 g/mol. The summed E-state index contributed by atoms with van der Waals surface area (Å²) in [4.78, 5) is 16.5. The quantitative estimate of drug-likeness (QED) is 0.868. The van der Waals surface area contributed by atoms with Gasteiger partial charge in [0.15, 0.2) is 5.65 Å². The number of rotatable bonds is 5. The third-order valence-electron chi connectivity index (χ3n) is 4.81. The monoisotopic (exact) mass is 329 g/mol. The summed E-state index contributed by atoms with van der Waals surface area (Å²) in [5.74, 6) is 0. The molecule has 7 heteroatoms.